The van der Waals surface area contributed by atoms with Gasteiger partial charge in [-0.05, 0) is 61.4 Å². The van der Waals surface area contributed by atoms with E-state index in [0.717, 1.165) is 11.3 Å². The Morgan fingerprint density at radius 2 is 1.91 bits per heavy atom. The molecular formula is C22H22Cl2N2O5S. The van der Waals surface area contributed by atoms with Gasteiger partial charge in [-0.25, -0.2) is 8.42 Å². The summed E-state index contributed by atoms with van der Waals surface area (Å²) in [6, 6.07) is 12.4. The number of hydrogen-bond donors (Lipinski definition) is 2. The Hall–Kier alpha value is -2.52. The number of ether oxygens (including phenoxy) is 1. The van der Waals surface area contributed by atoms with Crippen LogP contribution in [-0.4, -0.2) is 27.5 Å². The molecule has 0 radical (unpaired) electrons. The van der Waals surface area contributed by atoms with Crippen molar-refractivity contribution in [2.24, 2.45) is 0 Å². The van der Waals surface area contributed by atoms with Crippen molar-refractivity contribution in [1.82, 2.24) is 5.32 Å². The first-order valence-corrected chi connectivity index (χ1v) is 12.0. The van der Waals surface area contributed by atoms with E-state index in [4.69, 9.17) is 32.4 Å². The number of carbonyl (C=O) groups is 1. The van der Waals surface area contributed by atoms with Gasteiger partial charge in [0.1, 0.15) is 12.4 Å². The monoisotopic (exact) mass is 496 g/mol. The Morgan fingerprint density at radius 3 is 2.62 bits per heavy atom. The van der Waals surface area contributed by atoms with E-state index >= 15 is 0 Å². The molecule has 0 aliphatic rings. The van der Waals surface area contributed by atoms with Crippen molar-refractivity contribution >= 4 is 44.8 Å². The molecule has 32 heavy (non-hydrogen) atoms. The Morgan fingerprint density at radius 1 is 1.09 bits per heavy atom. The van der Waals surface area contributed by atoms with Gasteiger partial charge in [-0.1, -0.05) is 29.3 Å². The SMILES string of the molecule is Cc1ccc(NS(=O)(=O)c2ccc(Cl)c(C(=O)NCCCOCc3ccco3)c2)cc1Cl. The second kappa shape index (κ2) is 10.9. The van der Waals surface area contributed by atoms with Crippen molar-refractivity contribution < 1.29 is 22.4 Å². The number of amides is 1. The van der Waals surface area contributed by atoms with Gasteiger partial charge in [0.25, 0.3) is 15.9 Å². The third kappa shape index (κ3) is 6.49. The quantitative estimate of drug-likeness (QED) is 0.383. The van der Waals surface area contributed by atoms with Gasteiger partial charge >= 0.3 is 0 Å². The number of furan rings is 1. The second-order valence-corrected chi connectivity index (χ2v) is 9.45. The van der Waals surface area contributed by atoms with E-state index in [-0.39, 0.29) is 15.5 Å². The van der Waals surface area contributed by atoms with Crippen LogP contribution in [0, 0.1) is 6.92 Å². The molecule has 170 valence electrons. The normalized spacial score (nSPS) is 11.3. The molecule has 1 aromatic heterocycles. The van der Waals surface area contributed by atoms with Crippen molar-refractivity contribution in [3.05, 3.63) is 81.7 Å². The maximum absolute atomic E-state index is 12.8. The van der Waals surface area contributed by atoms with Gasteiger partial charge < -0.3 is 14.5 Å². The fraction of sp³-hybridized carbons (Fsp3) is 0.227. The molecule has 0 atom stereocenters. The summed E-state index contributed by atoms with van der Waals surface area (Å²) in [6.07, 6.45) is 2.14. The Kier molecular flexibility index (Phi) is 8.20. The van der Waals surface area contributed by atoms with Crippen LogP contribution in [0.25, 0.3) is 0 Å². The van der Waals surface area contributed by atoms with Gasteiger partial charge in [0.05, 0.1) is 27.4 Å². The first-order chi connectivity index (χ1) is 15.3. The third-order valence-electron chi connectivity index (χ3n) is 4.49. The summed E-state index contributed by atoms with van der Waals surface area (Å²) in [5.74, 6) is 0.247. The maximum Gasteiger partial charge on any atom is 0.261 e. The van der Waals surface area contributed by atoms with E-state index in [1.165, 1.54) is 24.3 Å². The number of halogens is 2. The third-order valence-corrected chi connectivity index (χ3v) is 6.61. The molecule has 3 aromatic rings. The number of anilines is 1. The van der Waals surface area contributed by atoms with E-state index in [2.05, 4.69) is 10.0 Å². The van der Waals surface area contributed by atoms with Crippen LogP contribution < -0.4 is 10.0 Å². The summed E-state index contributed by atoms with van der Waals surface area (Å²) in [7, 11) is -3.95. The fourth-order valence-electron chi connectivity index (χ4n) is 2.75. The molecule has 0 unspecified atom stereocenters. The highest BCUT2D eigenvalue weighted by atomic mass is 35.5. The highest BCUT2D eigenvalue weighted by Gasteiger charge is 2.19. The fourth-order valence-corrected chi connectivity index (χ4v) is 4.21. The summed E-state index contributed by atoms with van der Waals surface area (Å²) in [5, 5.41) is 3.30. The van der Waals surface area contributed by atoms with E-state index in [1.54, 1.807) is 24.5 Å². The number of hydrogen-bond acceptors (Lipinski definition) is 5. The molecule has 1 heterocycles. The number of rotatable bonds is 10. The number of sulfonamides is 1. The van der Waals surface area contributed by atoms with Crippen molar-refractivity contribution in [3.8, 4) is 0 Å². The summed E-state index contributed by atoms with van der Waals surface area (Å²) in [4.78, 5) is 12.4. The zero-order valence-corrected chi connectivity index (χ0v) is 19.6. The first-order valence-electron chi connectivity index (χ1n) is 9.73. The topological polar surface area (TPSA) is 97.6 Å². The minimum absolute atomic E-state index is 0.0629. The first kappa shape index (κ1) is 24.1. The molecule has 2 aromatic carbocycles. The van der Waals surface area contributed by atoms with Crippen LogP contribution in [0.5, 0.6) is 0 Å². The van der Waals surface area contributed by atoms with E-state index in [0.29, 0.717) is 36.9 Å². The molecule has 0 saturated carbocycles. The highest BCUT2D eigenvalue weighted by molar-refractivity contribution is 7.92. The number of carbonyl (C=O) groups excluding carboxylic acids is 1. The Balaban J connectivity index is 1.58. The van der Waals surface area contributed by atoms with Crippen molar-refractivity contribution in [2.45, 2.75) is 24.8 Å². The van der Waals surface area contributed by atoms with Crippen LogP contribution in [0.2, 0.25) is 10.0 Å². The average molecular weight is 497 g/mol. The standard InChI is InChI=1S/C22H22Cl2N2O5S/c1-15-5-6-16(12-21(15)24)26-32(28,29)18-7-8-20(23)19(13-18)22(27)25-9-3-10-30-14-17-4-2-11-31-17/h2,4-8,11-13,26H,3,9-10,14H2,1H3,(H,25,27). The zero-order valence-electron chi connectivity index (χ0n) is 17.2. The predicted molar refractivity (Wildman–Crippen MR) is 124 cm³/mol. The molecular weight excluding hydrogens is 475 g/mol. The Bertz CT molecular complexity index is 1180. The van der Waals surface area contributed by atoms with Crippen LogP contribution in [-0.2, 0) is 21.4 Å². The Labute approximate surface area is 196 Å². The minimum atomic E-state index is -3.95. The lowest BCUT2D eigenvalue weighted by Gasteiger charge is -2.12. The molecule has 0 bridgehead atoms. The molecule has 7 nitrogen and oxygen atoms in total. The predicted octanol–water partition coefficient (Wildman–Crippen LogP) is 5.03. The lowest BCUT2D eigenvalue weighted by Crippen LogP contribution is -2.26. The molecule has 10 heteroatoms. The van der Waals surface area contributed by atoms with Crippen LogP contribution in [0.1, 0.15) is 28.1 Å². The van der Waals surface area contributed by atoms with Gasteiger partial charge in [-0.3, -0.25) is 9.52 Å². The van der Waals surface area contributed by atoms with Gasteiger partial charge in [-0.15, -0.1) is 0 Å². The van der Waals surface area contributed by atoms with Gasteiger partial charge in [0, 0.05) is 18.2 Å². The van der Waals surface area contributed by atoms with Gasteiger partial charge in [0.2, 0.25) is 0 Å². The zero-order chi connectivity index (χ0) is 23.1. The van der Waals surface area contributed by atoms with E-state index < -0.39 is 15.9 Å². The molecule has 3 rings (SSSR count). The molecule has 1 amide bonds. The van der Waals surface area contributed by atoms with Crippen molar-refractivity contribution in [3.63, 3.8) is 0 Å². The molecule has 0 aliphatic heterocycles. The summed E-state index contributed by atoms with van der Waals surface area (Å²) in [5.41, 5.74) is 1.20. The lowest BCUT2D eigenvalue weighted by molar-refractivity contribution is 0.0917. The van der Waals surface area contributed by atoms with Crippen LogP contribution in [0.4, 0.5) is 5.69 Å². The molecule has 2 N–H and O–H groups in total. The summed E-state index contributed by atoms with van der Waals surface area (Å²) in [6.45, 7) is 2.93. The van der Waals surface area contributed by atoms with Crippen LogP contribution in [0.3, 0.4) is 0 Å². The lowest BCUT2D eigenvalue weighted by atomic mass is 10.2. The van der Waals surface area contributed by atoms with Crippen molar-refractivity contribution in [1.29, 1.82) is 0 Å². The number of benzene rings is 2. The molecule has 0 fully saturated rings. The molecule has 0 aliphatic carbocycles. The molecule has 0 spiro atoms. The van der Waals surface area contributed by atoms with E-state index in [9.17, 15) is 13.2 Å². The largest absolute Gasteiger partial charge is 0.467 e. The average Bonchev–Trinajstić information content (AvgIpc) is 3.26. The smallest absolute Gasteiger partial charge is 0.261 e. The summed E-state index contributed by atoms with van der Waals surface area (Å²) < 4.78 is 38.6. The second-order valence-electron chi connectivity index (χ2n) is 6.95. The van der Waals surface area contributed by atoms with Crippen LogP contribution in [0.15, 0.2) is 64.1 Å². The number of nitrogens with one attached hydrogen (secondary N) is 2. The van der Waals surface area contributed by atoms with Gasteiger partial charge in [0.15, 0.2) is 0 Å². The number of aryl methyl sites for hydroxylation is 1. The van der Waals surface area contributed by atoms with Gasteiger partial charge in [-0.2, -0.15) is 0 Å². The van der Waals surface area contributed by atoms with Crippen molar-refractivity contribution in [2.75, 3.05) is 17.9 Å². The minimum Gasteiger partial charge on any atom is -0.467 e. The maximum atomic E-state index is 12.8. The summed E-state index contributed by atoms with van der Waals surface area (Å²) >= 11 is 12.2. The van der Waals surface area contributed by atoms with E-state index in [1.807, 2.05) is 13.0 Å². The highest BCUT2D eigenvalue weighted by Crippen LogP contribution is 2.25. The van der Waals surface area contributed by atoms with Crippen LogP contribution >= 0.6 is 23.2 Å². The molecule has 0 saturated heterocycles.